The molecule has 0 heterocycles. The van der Waals surface area contributed by atoms with Crippen LogP contribution in [0.1, 0.15) is 0 Å². The highest BCUT2D eigenvalue weighted by Gasteiger charge is 2.63. The fourth-order valence-corrected chi connectivity index (χ4v) is 1.01. The molecule has 0 radical (unpaired) electrons. The van der Waals surface area contributed by atoms with E-state index in [1.165, 1.54) is 0 Å². The van der Waals surface area contributed by atoms with Gasteiger partial charge in [0.15, 0.2) is 5.83 Å². The minimum Gasteiger partial charge on any atom is -0.281 e. The monoisotopic (exact) mass is 374 g/mol. The Hall–Kier alpha value is -1.38. The van der Waals surface area contributed by atoms with Crippen molar-refractivity contribution in [2.45, 2.75) is 17.4 Å². The van der Waals surface area contributed by atoms with Crippen LogP contribution < -0.4 is 0 Å². The molecule has 0 aliphatic carbocycles. The van der Waals surface area contributed by atoms with E-state index in [-0.39, 0.29) is 0 Å². The van der Waals surface area contributed by atoms with Crippen LogP contribution in [0.4, 0.5) is 48.3 Å². The molecule has 22 heavy (non-hydrogen) atoms. The zero-order valence-electron chi connectivity index (χ0n) is 9.33. The van der Waals surface area contributed by atoms with Gasteiger partial charge in [-0.15, -0.1) is 0 Å². The van der Waals surface area contributed by atoms with Crippen LogP contribution in [-0.2, 0) is 10.1 Å². The molecule has 0 spiro atoms. The molecule has 1 N–H and O–H groups in total. The summed E-state index contributed by atoms with van der Waals surface area (Å²) in [6, 6.07) is 0. The molecule has 0 bridgehead atoms. The van der Waals surface area contributed by atoms with E-state index in [1.54, 1.807) is 0 Å². The fraction of sp³-hybridized carbons (Fsp3) is 0.429. The first-order valence-corrected chi connectivity index (χ1v) is 5.74. The maximum atomic E-state index is 12.7. The van der Waals surface area contributed by atoms with Gasteiger partial charge in [-0.3, -0.25) is 4.55 Å². The standard InChI is InChI=1S/C7HF11O3S/c8-1(3(10)5(12,13)7(16,17)18)2(9)4(11)6(14,15)22(19,20)21/h(H,19,20,21)/b3-1+,4-2+. The van der Waals surface area contributed by atoms with Gasteiger partial charge in [-0.1, -0.05) is 0 Å². The van der Waals surface area contributed by atoms with Crippen LogP contribution in [0.15, 0.2) is 23.3 Å². The van der Waals surface area contributed by atoms with Gasteiger partial charge >= 0.3 is 27.5 Å². The highest BCUT2D eigenvalue weighted by atomic mass is 32.2. The number of hydrogen-bond donors (Lipinski definition) is 1. The van der Waals surface area contributed by atoms with Gasteiger partial charge in [-0.2, -0.15) is 39.2 Å². The molecule has 0 aromatic carbocycles. The Morgan fingerprint density at radius 1 is 0.727 bits per heavy atom. The van der Waals surface area contributed by atoms with Crippen molar-refractivity contribution >= 4 is 10.1 Å². The smallest absolute Gasteiger partial charge is 0.281 e. The second kappa shape index (κ2) is 5.68. The summed E-state index contributed by atoms with van der Waals surface area (Å²) in [4.78, 5) is 0. The summed E-state index contributed by atoms with van der Waals surface area (Å²) in [5, 5.41) is -6.26. The Morgan fingerprint density at radius 2 is 1.05 bits per heavy atom. The lowest BCUT2D eigenvalue weighted by molar-refractivity contribution is -0.271. The molecule has 3 nitrogen and oxygen atoms in total. The Bertz CT molecular complexity index is 612. The van der Waals surface area contributed by atoms with E-state index >= 15 is 0 Å². The number of hydrogen-bond acceptors (Lipinski definition) is 2. The summed E-state index contributed by atoms with van der Waals surface area (Å²) in [6.45, 7) is 0. The molecule has 0 amide bonds. The first kappa shape index (κ1) is 20.6. The van der Waals surface area contributed by atoms with Gasteiger partial charge < -0.3 is 0 Å². The topological polar surface area (TPSA) is 54.4 Å². The fourth-order valence-electron chi connectivity index (χ4n) is 0.696. The second-order valence-electron chi connectivity index (χ2n) is 3.32. The average molecular weight is 374 g/mol. The third kappa shape index (κ3) is 3.50. The first-order valence-electron chi connectivity index (χ1n) is 4.30. The molecule has 0 aromatic heterocycles. The van der Waals surface area contributed by atoms with Crippen LogP contribution in [0, 0.1) is 0 Å². The summed E-state index contributed by atoms with van der Waals surface area (Å²) >= 11 is 0. The molecular weight excluding hydrogens is 373 g/mol. The largest absolute Gasteiger partial charge is 0.460 e. The highest BCUT2D eigenvalue weighted by Crippen LogP contribution is 2.45. The summed E-state index contributed by atoms with van der Waals surface area (Å²) in [5.41, 5.74) is 0. The first-order chi connectivity index (χ1) is 9.39. The quantitative estimate of drug-likeness (QED) is 0.460. The predicted molar refractivity (Wildman–Crippen MR) is 46.0 cm³/mol. The Morgan fingerprint density at radius 3 is 1.32 bits per heavy atom. The van der Waals surface area contributed by atoms with Crippen molar-refractivity contribution in [3.63, 3.8) is 0 Å². The third-order valence-corrected chi connectivity index (χ3v) is 2.62. The van der Waals surface area contributed by atoms with Gasteiger partial charge in [-0.05, 0) is 0 Å². The lowest BCUT2D eigenvalue weighted by Crippen LogP contribution is -2.37. The summed E-state index contributed by atoms with van der Waals surface area (Å²) < 4.78 is 162. The minimum atomic E-state index is -6.84. The maximum Gasteiger partial charge on any atom is 0.460 e. The summed E-state index contributed by atoms with van der Waals surface area (Å²) in [6.07, 6.45) is -6.84. The van der Waals surface area contributed by atoms with Crippen molar-refractivity contribution < 1.29 is 61.3 Å². The van der Waals surface area contributed by atoms with Crippen LogP contribution in [-0.4, -0.2) is 30.3 Å². The van der Waals surface area contributed by atoms with Gasteiger partial charge in [0.05, 0.1) is 0 Å². The van der Waals surface area contributed by atoms with E-state index in [1.807, 2.05) is 0 Å². The second-order valence-corrected chi connectivity index (χ2v) is 4.78. The SMILES string of the molecule is O=S(=O)(O)C(F)(F)/C(F)=C(F)/C(F)=C(\F)C(F)(F)C(F)(F)F. The minimum absolute atomic E-state index is 4.01. The molecular formula is C7HF11O3S. The summed E-state index contributed by atoms with van der Waals surface area (Å²) in [7, 11) is -6.80. The molecule has 0 saturated heterocycles. The normalized spacial score (nSPS) is 17.1. The van der Waals surface area contributed by atoms with E-state index in [9.17, 15) is 56.7 Å². The number of alkyl halides is 7. The lowest BCUT2D eigenvalue weighted by Gasteiger charge is -2.18. The van der Waals surface area contributed by atoms with Crippen LogP contribution in [0.5, 0.6) is 0 Å². The van der Waals surface area contributed by atoms with Crippen molar-refractivity contribution in [1.82, 2.24) is 0 Å². The molecule has 0 fully saturated rings. The van der Waals surface area contributed by atoms with Crippen LogP contribution in [0.2, 0.25) is 0 Å². The zero-order valence-corrected chi connectivity index (χ0v) is 10.1. The lowest BCUT2D eigenvalue weighted by atomic mass is 10.2. The van der Waals surface area contributed by atoms with Crippen LogP contribution in [0.3, 0.4) is 0 Å². The van der Waals surface area contributed by atoms with E-state index in [0.717, 1.165) is 0 Å². The highest BCUT2D eigenvalue weighted by molar-refractivity contribution is 7.87. The number of rotatable bonds is 4. The molecule has 0 aromatic rings. The van der Waals surface area contributed by atoms with Gasteiger partial charge in [0, 0.05) is 0 Å². The van der Waals surface area contributed by atoms with Crippen molar-refractivity contribution in [3.05, 3.63) is 23.3 Å². The van der Waals surface area contributed by atoms with Crippen LogP contribution in [0.25, 0.3) is 0 Å². The number of halogens is 11. The molecule has 0 aliphatic rings. The summed E-state index contributed by atoms with van der Waals surface area (Å²) in [5.74, 6) is -23.3. The van der Waals surface area contributed by atoms with Gasteiger partial charge in [-0.25, -0.2) is 17.6 Å². The Kier molecular flexibility index (Phi) is 5.32. The van der Waals surface area contributed by atoms with E-state index in [0.29, 0.717) is 0 Å². The molecule has 0 aliphatic heterocycles. The third-order valence-electron chi connectivity index (χ3n) is 1.79. The van der Waals surface area contributed by atoms with E-state index in [2.05, 4.69) is 0 Å². The average Bonchev–Trinajstić information content (AvgIpc) is 2.32. The van der Waals surface area contributed by atoms with Crippen molar-refractivity contribution in [2.24, 2.45) is 0 Å². The predicted octanol–water partition coefficient (Wildman–Crippen LogP) is 3.97. The van der Waals surface area contributed by atoms with E-state index < -0.39 is 50.8 Å². The Labute approximate surface area is 113 Å². The van der Waals surface area contributed by atoms with Gasteiger partial charge in [0.25, 0.3) is 0 Å². The van der Waals surface area contributed by atoms with Crippen LogP contribution >= 0.6 is 0 Å². The molecule has 0 saturated carbocycles. The maximum absolute atomic E-state index is 12.7. The molecule has 0 unspecified atom stereocenters. The molecule has 15 heteroatoms. The Balaban J connectivity index is 6.28. The van der Waals surface area contributed by atoms with Crippen molar-refractivity contribution in [2.75, 3.05) is 0 Å². The van der Waals surface area contributed by atoms with Crippen molar-refractivity contribution in [3.8, 4) is 0 Å². The van der Waals surface area contributed by atoms with Gasteiger partial charge in [0.2, 0.25) is 17.5 Å². The van der Waals surface area contributed by atoms with E-state index in [4.69, 9.17) is 4.55 Å². The molecule has 130 valence electrons. The number of allylic oxidation sites excluding steroid dienone is 3. The zero-order chi connectivity index (χ0) is 18.3. The molecule has 0 rings (SSSR count). The molecule has 0 atom stereocenters. The van der Waals surface area contributed by atoms with Gasteiger partial charge in [0.1, 0.15) is 0 Å². The van der Waals surface area contributed by atoms with Crippen molar-refractivity contribution in [1.29, 1.82) is 0 Å².